The average Bonchev–Trinajstić information content (AvgIpc) is 2.49. The van der Waals surface area contributed by atoms with Crippen LogP contribution in [0.5, 0.6) is 5.75 Å². The molecule has 1 atom stereocenters. The Kier molecular flexibility index (Phi) is 5.91. The lowest BCUT2D eigenvalue weighted by molar-refractivity contribution is -0.127. The number of hydrogen-bond acceptors (Lipinski definition) is 2. The fourth-order valence-electron chi connectivity index (χ4n) is 2.21. The van der Waals surface area contributed by atoms with Crippen molar-refractivity contribution in [2.45, 2.75) is 33.4 Å². The number of aryl methyl sites for hydroxylation is 2. The number of nitrogens with one attached hydrogen (secondary N) is 1. The van der Waals surface area contributed by atoms with E-state index in [0.717, 1.165) is 22.4 Å². The molecule has 0 saturated heterocycles. The van der Waals surface area contributed by atoms with Crippen LogP contribution in [-0.2, 0) is 11.3 Å². The van der Waals surface area contributed by atoms with Crippen molar-refractivity contribution in [1.29, 1.82) is 0 Å². The molecule has 0 fully saturated rings. The molecule has 0 aliphatic heterocycles. The lowest BCUT2D eigenvalue weighted by Gasteiger charge is -2.18. The first kappa shape index (κ1) is 17.6. The Labute approximate surface area is 146 Å². The van der Waals surface area contributed by atoms with Crippen molar-refractivity contribution in [3.8, 4) is 5.75 Å². The summed E-state index contributed by atoms with van der Waals surface area (Å²) in [5, 5.41) is 3.92. The van der Waals surface area contributed by atoms with E-state index in [4.69, 9.17) is 27.9 Å². The minimum atomic E-state index is -0.596. The Hall–Kier alpha value is -1.71. The van der Waals surface area contributed by atoms with E-state index in [9.17, 15) is 4.79 Å². The Balaban J connectivity index is 1.97. The molecular formula is C18H19Cl2NO2. The van der Waals surface area contributed by atoms with Gasteiger partial charge in [-0.1, -0.05) is 47.5 Å². The summed E-state index contributed by atoms with van der Waals surface area (Å²) in [5.74, 6) is 0.554. The maximum absolute atomic E-state index is 12.2. The third-order valence-electron chi connectivity index (χ3n) is 3.54. The molecule has 0 saturated carbocycles. The lowest BCUT2D eigenvalue weighted by atomic mass is 10.1. The normalized spacial score (nSPS) is 11.9. The summed E-state index contributed by atoms with van der Waals surface area (Å²) >= 11 is 12.0. The van der Waals surface area contributed by atoms with Crippen LogP contribution >= 0.6 is 23.2 Å². The smallest absolute Gasteiger partial charge is 0.261 e. The number of para-hydroxylation sites is 1. The second kappa shape index (κ2) is 7.71. The Morgan fingerprint density at radius 2 is 1.83 bits per heavy atom. The topological polar surface area (TPSA) is 38.3 Å². The molecular weight excluding hydrogens is 333 g/mol. The van der Waals surface area contributed by atoms with Gasteiger partial charge in [0.15, 0.2) is 6.10 Å². The zero-order valence-corrected chi connectivity index (χ0v) is 14.8. The molecule has 1 unspecified atom stereocenters. The molecule has 23 heavy (non-hydrogen) atoms. The van der Waals surface area contributed by atoms with Gasteiger partial charge in [0.1, 0.15) is 5.75 Å². The number of carbonyl (C=O) groups excluding carboxylic acids is 1. The van der Waals surface area contributed by atoms with Gasteiger partial charge in [0.25, 0.3) is 5.91 Å². The van der Waals surface area contributed by atoms with E-state index in [1.54, 1.807) is 25.1 Å². The van der Waals surface area contributed by atoms with Gasteiger partial charge in [-0.15, -0.1) is 0 Å². The van der Waals surface area contributed by atoms with E-state index in [-0.39, 0.29) is 5.91 Å². The molecule has 0 heterocycles. The molecule has 0 radical (unpaired) electrons. The van der Waals surface area contributed by atoms with Crippen molar-refractivity contribution in [3.05, 3.63) is 63.1 Å². The van der Waals surface area contributed by atoms with Crippen LogP contribution < -0.4 is 10.1 Å². The summed E-state index contributed by atoms with van der Waals surface area (Å²) < 4.78 is 5.81. The van der Waals surface area contributed by atoms with Gasteiger partial charge in [-0.25, -0.2) is 0 Å². The van der Waals surface area contributed by atoms with Gasteiger partial charge < -0.3 is 10.1 Å². The van der Waals surface area contributed by atoms with Crippen LogP contribution in [0.25, 0.3) is 0 Å². The molecule has 2 rings (SSSR count). The highest BCUT2D eigenvalue weighted by Gasteiger charge is 2.16. The largest absolute Gasteiger partial charge is 0.480 e. The zero-order valence-electron chi connectivity index (χ0n) is 13.3. The minimum absolute atomic E-state index is 0.196. The van der Waals surface area contributed by atoms with Crippen molar-refractivity contribution < 1.29 is 9.53 Å². The Morgan fingerprint density at radius 1 is 1.17 bits per heavy atom. The summed E-state index contributed by atoms with van der Waals surface area (Å²) in [6, 6.07) is 11.1. The molecule has 2 aromatic carbocycles. The van der Waals surface area contributed by atoms with E-state index in [0.29, 0.717) is 16.6 Å². The number of hydrogen-bond donors (Lipinski definition) is 1. The summed E-state index contributed by atoms with van der Waals surface area (Å²) in [4.78, 5) is 12.2. The third kappa shape index (κ3) is 4.63. The molecule has 0 aliphatic carbocycles. The van der Waals surface area contributed by atoms with Crippen LogP contribution in [0.15, 0.2) is 36.4 Å². The fourth-order valence-corrected chi connectivity index (χ4v) is 2.68. The second-order valence-corrected chi connectivity index (χ2v) is 6.28. The molecule has 1 amide bonds. The summed E-state index contributed by atoms with van der Waals surface area (Å²) in [7, 11) is 0. The molecule has 0 bridgehead atoms. The van der Waals surface area contributed by atoms with E-state index < -0.39 is 6.10 Å². The van der Waals surface area contributed by atoms with Gasteiger partial charge in [0.05, 0.1) is 0 Å². The standard InChI is InChI=1S/C18H19Cl2NO2/c1-11-5-4-6-12(2)17(11)23-13(3)18(22)21-10-14-7-8-15(19)9-16(14)20/h4-9,13H,10H2,1-3H3,(H,21,22). The van der Waals surface area contributed by atoms with E-state index in [2.05, 4.69) is 5.32 Å². The Morgan fingerprint density at radius 3 is 2.43 bits per heavy atom. The van der Waals surface area contributed by atoms with E-state index in [1.165, 1.54) is 0 Å². The molecule has 3 nitrogen and oxygen atoms in total. The minimum Gasteiger partial charge on any atom is -0.480 e. The SMILES string of the molecule is Cc1cccc(C)c1OC(C)C(=O)NCc1ccc(Cl)cc1Cl. The first-order valence-corrected chi connectivity index (χ1v) is 8.08. The van der Waals surface area contributed by atoms with E-state index in [1.807, 2.05) is 32.0 Å². The van der Waals surface area contributed by atoms with Gasteiger partial charge in [-0.2, -0.15) is 0 Å². The second-order valence-electron chi connectivity index (χ2n) is 5.43. The first-order chi connectivity index (χ1) is 10.9. The molecule has 5 heteroatoms. The quantitative estimate of drug-likeness (QED) is 0.848. The average molecular weight is 352 g/mol. The third-order valence-corrected chi connectivity index (χ3v) is 4.13. The maximum Gasteiger partial charge on any atom is 0.261 e. The number of ether oxygens (including phenoxy) is 1. The number of rotatable bonds is 5. The van der Waals surface area contributed by atoms with Crippen molar-refractivity contribution >= 4 is 29.1 Å². The maximum atomic E-state index is 12.2. The molecule has 0 spiro atoms. The number of carbonyl (C=O) groups is 1. The molecule has 0 aliphatic rings. The molecule has 1 N–H and O–H groups in total. The molecule has 122 valence electrons. The van der Waals surface area contributed by atoms with Crippen LogP contribution in [0, 0.1) is 13.8 Å². The number of halogens is 2. The highest BCUT2D eigenvalue weighted by Crippen LogP contribution is 2.24. The highest BCUT2D eigenvalue weighted by atomic mass is 35.5. The predicted octanol–water partition coefficient (Wildman–Crippen LogP) is 4.69. The van der Waals surface area contributed by atoms with E-state index >= 15 is 0 Å². The number of benzene rings is 2. The van der Waals surface area contributed by atoms with Crippen molar-refractivity contribution in [2.24, 2.45) is 0 Å². The van der Waals surface area contributed by atoms with Gasteiger partial charge in [0.2, 0.25) is 0 Å². The lowest BCUT2D eigenvalue weighted by Crippen LogP contribution is -2.36. The van der Waals surface area contributed by atoms with Gasteiger partial charge in [-0.05, 0) is 49.6 Å². The predicted molar refractivity (Wildman–Crippen MR) is 94.3 cm³/mol. The Bertz CT molecular complexity index is 696. The monoisotopic (exact) mass is 351 g/mol. The summed E-state index contributed by atoms with van der Waals surface area (Å²) in [6.07, 6.45) is -0.596. The number of amides is 1. The highest BCUT2D eigenvalue weighted by molar-refractivity contribution is 6.35. The van der Waals surface area contributed by atoms with Gasteiger partial charge in [0, 0.05) is 16.6 Å². The van der Waals surface area contributed by atoms with Crippen molar-refractivity contribution in [2.75, 3.05) is 0 Å². The zero-order chi connectivity index (χ0) is 17.0. The summed E-state index contributed by atoms with van der Waals surface area (Å²) in [6.45, 7) is 5.97. The summed E-state index contributed by atoms with van der Waals surface area (Å²) in [5.41, 5.74) is 2.82. The molecule has 0 aromatic heterocycles. The van der Waals surface area contributed by atoms with Crippen LogP contribution in [-0.4, -0.2) is 12.0 Å². The van der Waals surface area contributed by atoms with Crippen LogP contribution in [0.1, 0.15) is 23.6 Å². The van der Waals surface area contributed by atoms with Crippen LogP contribution in [0.3, 0.4) is 0 Å². The van der Waals surface area contributed by atoms with Gasteiger partial charge >= 0.3 is 0 Å². The molecule has 2 aromatic rings. The van der Waals surface area contributed by atoms with Crippen molar-refractivity contribution in [3.63, 3.8) is 0 Å². The van der Waals surface area contributed by atoms with Crippen LogP contribution in [0.2, 0.25) is 10.0 Å². The fraction of sp³-hybridized carbons (Fsp3) is 0.278. The van der Waals surface area contributed by atoms with Gasteiger partial charge in [-0.3, -0.25) is 4.79 Å². The first-order valence-electron chi connectivity index (χ1n) is 7.33. The van der Waals surface area contributed by atoms with Crippen LogP contribution in [0.4, 0.5) is 0 Å². The van der Waals surface area contributed by atoms with Crippen molar-refractivity contribution in [1.82, 2.24) is 5.32 Å².